The number of hydrogen-bond donors (Lipinski definition) is 1. The Morgan fingerprint density at radius 2 is 1.69 bits per heavy atom. The zero-order chi connectivity index (χ0) is 24.2. The monoisotopic (exact) mass is 446 g/mol. The number of aryl methyl sites for hydroxylation is 1. The Kier molecular flexibility index (Phi) is 7.99. The van der Waals surface area contributed by atoms with Crippen molar-refractivity contribution in [1.29, 1.82) is 0 Å². The fourth-order valence-corrected chi connectivity index (χ4v) is 3.22. The van der Waals surface area contributed by atoms with E-state index in [1.165, 1.54) is 23.1 Å². The second-order valence-electron chi connectivity index (χ2n) is 9.40. The maximum absolute atomic E-state index is 15.0. The molecule has 0 aliphatic carbocycles. The predicted octanol–water partition coefficient (Wildman–Crippen LogP) is 5.82. The van der Waals surface area contributed by atoms with Crippen molar-refractivity contribution in [2.75, 3.05) is 6.54 Å². The molecular formula is C25H32F2N2O3. The van der Waals surface area contributed by atoms with E-state index >= 15 is 8.78 Å². The molecule has 7 heteroatoms. The summed E-state index contributed by atoms with van der Waals surface area (Å²) in [4.78, 5) is 25.3. The molecule has 0 fully saturated rings. The van der Waals surface area contributed by atoms with E-state index in [-0.39, 0.29) is 12.1 Å². The van der Waals surface area contributed by atoms with E-state index < -0.39 is 29.2 Å². The Hall–Kier alpha value is -2.96. The summed E-state index contributed by atoms with van der Waals surface area (Å²) in [5.74, 6) is -1.77. The highest BCUT2D eigenvalue weighted by Gasteiger charge is 2.25. The second kappa shape index (κ2) is 10.1. The third kappa shape index (κ3) is 6.77. The van der Waals surface area contributed by atoms with Crippen molar-refractivity contribution in [2.45, 2.75) is 60.1 Å². The van der Waals surface area contributed by atoms with Crippen LogP contribution in [0, 0.1) is 24.5 Å². The Bertz CT molecular complexity index is 974. The Balaban J connectivity index is 2.36. The highest BCUT2D eigenvalue weighted by atomic mass is 19.1. The van der Waals surface area contributed by atoms with Crippen LogP contribution in [0.15, 0.2) is 30.3 Å². The van der Waals surface area contributed by atoms with E-state index in [9.17, 15) is 9.59 Å². The van der Waals surface area contributed by atoms with Gasteiger partial charge in [-0.2, -0.15) is 0 Å². The average Bonchev–Trinajstić information content (AvgIpc) is 2.64. The normalized spacial score (nSPS) is 11.5. The minimum Gasteiger partial charge on any atom is -0.444 e. The first-order valence-corrected chi connectivity index (χ1v) is 10.6. The number of nitrogens with two attached hydrogens (primary N) is 1. The van der Waals surface area contributed by atoms with Crippen molar-refractivity contribution < 1.29 is 23.1 Å². The first kappa shape index (κ1) is 25.3. The van der Waals surface area contributed by atoms with E-state index in [1.807, 2.05) is 13.8 Å². The van der Waals surface area contributed by atoms with Gasteiger partial charge in [0.1, 0.15) is 17.2 Å². The molecule has 5 nitrogen and oxygen atoms in total. The number of primary amides is 1. The van der Waals surface area contributed by atoms with Gasteiger partial charge in [0.15, 0.2) is 0 Å². The van der Waals surface area contributed by atoms with Crippen molar-refractivity contribution in [3.63, 3.8) is 0 Å². The molecule has 0 bridgehead atoms. The summed E-state index contributed by atoms with van der Waals surface area (Å²) in [5, 5.41) is 0. The van der Waals surface area contributed by atoms with Gasteiger partial charge in [0.2, 0.25) is 5.91 Å². The molecule has 32 heavy (non-hydrogen) atoms. The van der Waals surface area contributed by atoms with Gasteiger partial charge in [0.25, 0.3) is 0 Å². The van der Waals surface area contributed by atoms with Crippen LogP contribution in [0.3, 0.4) is 0 Å². The standard InChI is InChI=1S/C25H32F2N2O3/c1-15(2)9-10-29(24(31)32-25(4,5)6)14-20-21(26)12-18(13-22(20)27)19-8-7-17(23(28)30)11-16(19)3/h7-8,11-13,15H,9-10,14H2,1-6H3,(H2,28,30). The lowest BCUT2D eigenvalue weighted by Crippen LogP contribution is -2.37. The SMILES string of the molecule is Cc1cc(C(N)=O)ccc1-c1cc(F)c(CN(CCC(C)C)C(=O)OC(C)(C)C)c(F)c1. The van der Waals surface area contributed by atoms with Crippen LogP contribution in [0.25, 0.3) is 11.1 Å². The summed E-state index contributed by atoms with van der Waals surface area (Å²) in [6, 6.07) is 7.18. The van der Waals surface area contributed by atoms with Crippen molar-refractivity contribution in [3.05, 3.63) is 58.7 Å². The van der Waals surface area contributed by atoms with E-state index in [1.54, 1.807) is 39.8 Å². The Morgan fingerprint density at radius 1 is 1.09 bits per heavy atom. The van der Waals surface area contributed by atoms with E-state index in [0.29, 0.717) is 41.1 Å². The third-order valence-corrected chi connectivity index (χ3v) is 4.94. The van der Waals surface area contributed by atoms with Crippen molar-refractivity contribution in [3.8, 4) is 11.1 Å². The Labute approximate surface area is 188 Å². The lowest BCUT2D eigenvalue weighted by Gasteiger charge is -2.28. The molecule has 2 aromatic rings. The van der Waals surface area contributed by atoms with E-state index in [4.69, 9.17) is 10.5 Å². The molecule has 2 aromatic carbocycles. The number of carbonyl (C=O) groups is 2. The van der Waals surface area contributed by atoms with Gasteiger partial charge in [-0.25, -0.2) is 13.6 Å². The molecule has 0 aliphatic rings. The summed E-state index contributed by atoms with van der Waals surface area (Å²) < 4.78 is 35.4. The summed E-state index contributed by atoms with van der Waals surface area (Å²) in [7, 11) is 0. The van der Waals surface area contributed by atoms with Crippen molar-refractivity contribution in [2.24, 2.45) is 11.7 Å². The summed E-state index contributed by atoms with van der Waals surface area (Å²) in [5.41, 5.74) is 6.28. The van der Waals surface area contributed by atoms with Crippen LogP contribution < -0.4 is 5.73 Å². The number of carbonyl (C=O) groups excluding carboxylic acids is 2. The Morgan fingerprint density at radius 3 is 2.16 bits per heavy atom. The molecule has 0 spiro atoms. The average molecular weight is 447 g/mol. The highest BCUT2D eigenvalue weighted by molar-refractivity contribution is 5.93. The van der Waals surface area contributed by atoms with Crippen LogP contribution in [0.1, 0.15) is 62.5 Å². The first-order valence-electron chi connectivity index (χ1n) is 10.6. The maximum Gasteiger partial charge on any atom is 0.410 e. The fourth-order valence-electron chi connectivity index (χ4n) is 3.22. The van der Waals surface area contributed by atoms with Gasteiger partial charge in [0.05, 0.1) is 6.54 Å². The fraction of sp³-hybridized carbons (Fsp3) is 0.440. The highest BCUT2D eigenvalue weighted by Crippen LogP contribution is 2.29. The van der Waals surface area contributed by atoms with Gasteiger partial charge in [-0.15, -0.1) is 0 Å². The molecule has 0 radical (unpaired) electrons. The summed E-state index contributed by atoms with van der Waals surface area (Å²) >= 11 is 0. The predicted molar refractivity (Wildman–Crippen MR) is 121 cm³/mol. The third-order valence-electron chi connectivity index (χ3n) is 4.94. The van der Waals surface area contributed by atoms with Gasteiger partial charge in [0, 0.05) is 17.7 Å². The topological polar surface area (TPSA) is 72.6 Å². The number of rotatable bonds is 7. The second-order valence-corrected chi connectivity index (χ2v) is 9.40. The van der Waals surface area contributed by atoms with Crippen LogP contribution in [-0.2, 0) is 11.3 Å². The molecule has 0 aliphatic heterocycles. The molecule has 2 rings (SSSR count). The van der Waals surface area contributed by atoms with Gasteiger partial charge >= 0.3 is 6.09 Å². The van der Waals surface area contributed by atoms with Crippen LogP contribution in [-0.4, -0.2) is 29.0 Å². The van der Waals surface area contributed by atoms with Gasteiger partial charge in [-0.1, -0.05) is 19.9 Å². The van der Waals surface area contributed by atoms with Gasteiger partial charge in [-0.3, -0.25) is 4.79 Å². The zero-order valence-corrected chi connectivity index (χ0v) is 19.6. The quantitative estimate of drug-likeness (QED) is 0.582. The molecule has 0 atom stereocenters. The minimum atomic E-state index is -0.753. The van der Waals surface area contributed by atoms with Crippen LogP contribution in [0.5, 0.6) is 0 Å². The molecule has 0 saturated carbocycles. The molecule has 2 N–H and O–H groups in total. The number of hydrogen-bond acceptors (Lipinski definition) is 3. The smallest absolute Gasteiger partial charge is 0.410 e. The van der Waals surface area contributed by atoms with Gasteiger partial charge in [-0.05, 0) is 81.0 Å². The largest absolute Gasteiger partial charge is 0.444 e. The summed E-state index contributed by atoms with van der Waals surface area (Å²) in [6.45, 7) is 11.1. The molecule has 2 amide bonds. The van der Waals surface area contributed by atoms with Gasteiger partial charge < -0.3 is 15.4 Å². The molecular weight excluding hydrogens is 414 g/mol. The number of halogens is 2. The number of ether oxygens (including phenoxy) is 1. The maximum atomic E-state index is 15.0. The van der Waals surface area contributed by atoms with Crippen molar-refractivity contribution in [1.82, 2.24) is 4.90 Å². The van der Waals surface area contributed by atoms with E-state index in [0.717, 1.165) is 0 Å². The molecule has 0 unspecified atom stereocenters. The first-order chi connectivity index (χ1) is 14.8. The van der Waals surface area contributed by atoms with Crippen molar-refractivity contribution >= 4 is 12.0 Å². The van der Waals surface area contributed by atoms with Crippen LogP contribution in [0.2, 0.25) is 0 Å². The molecule has 174 valence electrons. The lowest BCUT2D eigenvalue weighted by atomic mass is 9.96. The van der Waals surface area contributed by atoms with Crippen LogP contribution >= 0.6 is 0 Å². The summed E-state index contributed by atoms with van der Waals surface area (Å²) in [6.07, 6.45) is 0.0605. The van der Waals surface area contributed by atoms with Crippen LogP contribution in [0.4, 0.5) is 13.6 Å². The molecule has 0 aromatic heterocycles. The molecule has 0 saturated heterocycles. The lowest BCUT2D eigenvalue weighted by molar-refractivity contribution is 0.0222. The van der Waals surface area contributed by atoms with E-state index in [2.05, 4.69) is 0 Å². The number of benzene rings is 2. The molecule has 0 heterocycles. The zero-order valence-electron chi connectivity index (χ0n) is 19.6. The number of nitrogens with zero attached hydrogens (tertiary/aromatic N) is 1. The number of amides is 2. The minimum absolute atomic E-state index is 0.199.